The molecule has 1 atom stereocenters. The molecule has 0 saturated heterocycles. The predicted molar refractivity (Wildman–Crippen MR) is 316 cm³/mol. The number of carbonyl (C=O) groups excluding carboxylic acids is 3. The van der Waals surface area contributed by atoms with Crippen LogP contribution in [0.25, 0.3) is 0 Å². The summed E-state index contributed by atoms with van der Waals surface area (Å²) in [7, 11) is 0. The molecule has 0 radical (unpaired) electrons. The van der Waals surface area contributed by atoms with Gasteiger partial charge in [0.2, 0.25) is 0 Å². The van der Waals surface area contributed by atoms with Crippen LogP contribution >= 0.6 is 0 Å². The molecule has 0 aliphatic heterocycles. The minimum absolute atomic E-state index is 0.0644. The summed E-state index contributed by atoms with van der Waals surface area (Å²) in [4.78, 5) is 38.3. The van der Waals surface area contributed by atoms with E-state index in [1.807, 2.05) is 0 Å². The molecule has 0 fully saturated rings. The molecule has 6 heteroatoms. The molecular formula is C67H126O6. The lowest BCUT2D eigenvalue weighted by molar-refractivity contribution is -0.167. The molecule has 6 nitrogen and oxygen atoms in total. The fraction of sp³-hybridized carbons (Fsp3) is 0.896. The highest BCUT2D eigenvalue weighted by atomic mass is 16.6. The van der Waals surface area contributed by atoms with Gasteiger partial charge in [0.1, 0.15) is 13.2 Å². The average Bonchev–Trinajstić information content (AvgIpc) is 3.39. The minimum atomic E-state index is -0.766. The molecule has 0 aliphatic rings. The van der Waals surface area contributed by atoms with E-state index in [9.17, 15) is 14.4 Å². The molecule has 0 bridgehead atoms. The smallest absolute Gasteiger partial charge is 0.306 e. The van der Waals surface area contributed by atoms with Gasteiger partial charge in [-0.15, -0.1) is 0 Å². The summed E-state index contributed by atoms with van der Waals surface area (Å²) in [6.07, 6.45) is 74.7. The third kappa shape index (κ3) is 60.6. The van der Waals surface area contributed by atoms with Crippen LogP contribution in [-0.4, -0.2) is 37.2 Å². The number of unbranched alkanes of at least 4 members (excludes halogenated alkanes) is 46. The first-order chi connectivity index (χ1) is 36.0. The molecular weight excluding hydrogens is 901 g/mol. The Labute approximate surface area is 455 Å². The molecule has 0 aliphatic carbocycles. The molecule has 0 saturated carbocycles. The van der Waals surface area contributed by atoms with Crippen molar-refractivity contribution in [2.45, 2.75) is 374 Å². The van der Waals surface area contributed by atoms with E-state index in [-0.39, 0.29) is 31.1 Å². The van der Waals surface area contributed by atoms with E-state index >= 15 is 0 Å². The Kier molecular flexibility index (Phi) is 60.6. The van der Waals surface area contributed by atoms with Crippen molar-refractivity contribution in [3.05, 3.63) is 24.3 Å². The first-order valence-electron chi connectivity index (χ1n) is 32.8. The SMILES string of the molecule is CCCCCCC/C=C\C/C=C\CCCCCCCCCCCCCCCC(=O)OCC(COC(=O)CCCCCCCCCCCCCCCCC)OC(=O)CCCCCCCCCCCCCCCCC. The maximum atomic E-state index is 12.9. The number of hydrogen-bond donors (Lipinski definition) is 0. The Morgan fingerprint density at radius 2 is 0.493 bits per heavy atom. The van der Waals surface area contributed by atoms with Gasteiger partial charge >= 0.3 is 17.9 Å². The molecule has 0 aromatic heterocycles. The number of hydrogen-bond acceptors (Lipinski definition) is 6. The topological polar surface area (TPSA) is 78.9 Å². The standard InChI is InChI=1S/C67H126O6/c1-4-7-10-13-16-19-22-25-28-29-30-31-32-33-34-35-36-37-40-42-45-48-51-54-57-60-66(69)72-63-64(73-67(70)61-58-55-52-49-46-43-39-27-24-21-18-15-12-9-6-3)62-71-65(68)59-56-53-50-47-44-41-38-26-23-20-17-14-11-8-5-2/h22,25,29-30,64H,4-21,23-24,26-28,31-63H2,1-3H3/b25-22-,30-29-. The van der Waals surface area contributed by atoms with Crippen molar-refractivity contribution in [1.29, 1.82) is 0 Å². The summed E-state index contributed by atoms with van der Waals surface area (Å²) in [6, 6.07) is 0. The van der Waals surface area contributed by atoms with Crippen molar-refractivity contribution in [3.63, 3.8) is 0 Å². The van der Waals surface area contributed by atoms with Crippen LogP contribution < -0.4 is 0 Å². The zero-order valence-electron chi connectivity index (χ0n) is 49.4. The van der Waals surface area contributed by atoms with Crippen molar-refractivity contribution < 1.29 is 28.6 Å². The molecule has 430 valence electrons. The molecule has 0 rings (SSSR count). The minimum Gasteiger partial charge on any atom is -0.462 e. The molecule has 0 heterocycles. The highest BCUT2D eigenvalue weighted by Crippen LogP contribution is 2.18. The third-order valence-electron chi connectivity index (χ3n) is 15.0. The molecule has 0 amide bonds. The Bertz CT molecular complexity index is 1180. The third-order valence-corrected chi connectivity index (χ3v) is 15.0. The molecule has 0 aromatic rings. The summed E-state index contributed by atoms with van der Waals surface area (Å²) in [5.74, 6) is -0.836. The largest absolute Gasteiger partial charge is 0.462 e. The van der Waals surface area contributed by atoms with Gasteiger partial charge in [-0.2, -0.15) is 0 Å². The van der Waals surface area contributed by atoms with Crippen molar-refractivity contribution >= 4 is 17.9 Å². The Morgan fingerprint density at radius 3 is 0.753 bits per heavy atom. The first-order valence-corrected chi connectivity index (χ1v) is 32.8. The molecule has 73 heavy (non-hydrogen) atoms. The fourth-order valence-electron chi connectivity index (χ4n) is 10.0. The van der Waals surface area contributed by atoms with Crippen molar-refractivity contribution in [1.82, 2.24) is 0 Å². The van der Waals surface area contributed by atoms with Crippen LogP contribution in [-0.2, 0) is 28.6 Å². The van der Waals surface area contributed by atoms with Gasteiger partial charge < -0.3 is 14.2 Å². The Hall–Kier alpha value is -2.11. The summed E-state index contributed by atoms with van der Waals surface area (Å²) < 4.78 is 17.0. The second kappa shape index (κ2) is 62.4. The second-order valence-electron chi connectivity index (χ2n) is 22.4. The number of rotatable bonds is 61. The highest BCUT2D eigenvalue weighted by Gasteiger charge is 2.19. The number of ether oxygens (including phenoxy) is 3. The molecule has 1 unspecified atom stereocenters. The van der Waals surface area contributed by atoms with Crippen LogP contribution in [0.1, 0.15) is 367 Å². The number of carbonyl (C=O) groups is 3. The van der Waals surface area contributed by atoms with Gasteiger partial charge in [0.05, 0.1) is 0 Å². The maximum Gasteiger partial charge on any atom is 0.306 e. The van der Waals surface area contributed by atoms with Gasteiger partial charge in [-0.1, -0.05) is 321 Å². The van der Waals surface area contributed by atoms with E-state index in [1.54, 1.807) is 0 Å². The summed E-state index contributed by atoms with van der Waals surface area (Å²) in [5, 5.41) is 0. The lowest BCUT2D eigenvalue weighted by Gasteiger charge is -2.18. The van der Waals surface area contributed by atoms with Crippen LogP contribution in [0.4, 0.5) is 0 Å². The van der Waals surface area contributed by atoms with E-state index in [4.69, 9.17) is 14.2 Å². The van der Waals surface area contributed by atoms with E-state index < -0.39 is 6.10 Å². The monoisotopic (exact) mass is 1030 g/mol. The van der Waals surface area contributed by atoms with Crippen LogP contribution in [0.5, 0.6) is 0 Å². The van der Waals surface area contributed by atoms with Gasteiger partial charge in [0.25, 0.3) is 0 Å². The lowest BCUT2D eigenvalue weighted by atomic mass is 10.0. The zero-order valence-corrected chi connectivity index (χ0v) is 49.4. The second-order valence-corrected chi connectivity index (χ2v) is 22.4. The maximum absolute atomic E-state index is 12.9. The van der Waals surface area contributed by atoms with Crippen LogP contribution in [0.15, 0.2) is 24.3 Å². The fourth-order valence-corrected chi connectivity index (χ4v) is 10.0. The normalized spacial score (nSPS) is 12.1. The quantitative estimate of drug-likeness (QED) is 0.0261. The van der Waals surface area contributed by atoms with Gasteiger partial charge in [-0.05, 0) is 51.4 Å². The van der Waals surface area contributed by atoms with Crippen LogP contribution in [0, 0.1) is 0 Å². The van der Waals surface area contributed by atoms with Gasteiger partial charge in [0.15, 0.2) is 6.10 Å². The predicted octanol–water partition coefficient (Wildman–Crippen LogP) is 22.2. The van der Waals surface area contributed by atoms with Crippen LogP contribution in [0.2, 0.25) is 0 Å². The van der Waals surface area contributed by atoms with Gasteiger partial charge in [0, 0.05) is 19.3 Å². The van der Waals surface area contributed by atoms with E-state index in [1.165, 1.54) is 263 Å². The zero-order chi connectivity index (χ0) is 52.9. The number of esters is 3. The summed E-state index contributed by atoms with van der Waals surface area (Å²) in [5.41, 5.74) is 0. The van der Waals surface area contributed by atoms with E-state index in [0.29, 0.717) is 19.3 Å². The molecule has 0 spiro atoms. The van der Waals surface area contributed by atoms with Crippen molar-refractivity contribution in [2.75, 3.05) is 13.2 Å². The first kappa shape index (κ1) is 70.9. The number of allylic oxidation sites excluding steroid dienone is 4. The molecule has 0 N–H and O–H groups in total. The van der Waals surface area contributed by atoms with Gasteiger partial charge in [-0.3, -0.25) is 14.4 Å². The van der Waals surface area contributed by atoms with Crippen LogP contribution in [0.3, 0.4) is 0 Å². The van der Waals surface area contributed by atoms with Gasteiger partial charge in [-0.25, -0.2) is 0 Å². The van der Waals surface area contributed by atoms with Crippen molar-refractivity contribution in [2.24, 2.45) is 0 Å². The van der Waals surface area contributed by atoms with E-state index in [2.05, 4.69) is 45.1 Å². The summed E-state index contributed by atoms with van der Waals surface area (Å²) in [6.45, 7) is 6.70. The highest BCUT2D eigenvalue weighted by molar-refractivity contribution is 5.71. The summed E-state index contributed by atoms with van der Waals surface area (Å²) >= 11 is 0. The lowest BCUT2D eigenvalue weighted by Crippen LogP contribution is -2.30. The van der Waals surface area contributed by atoms with Crippen molar-refractivity contribution in [3.8, 4) is 0 Å². The Morgan fingerprint density at radius 1 is 0.274 bits per heavy atom. The average molecular weight is 1030 g/mol. The van der Waals surface area contributed by atoms with E-state index in [0.717, 1.165) is 64.2 Å². The molecule has 0 aromatic carbocycles. The Balaban J connectivity index is 4.23.